The largest absolute Gasteiger partial charge is 0.473 e. The van der Waals surface area contributed by atoms with Crippen LogP contribution in [0.25, 0.3) is 0 Å². The molecule has 2 aromatic carbocycles. The molecule has 0 aliphatic carbocycles. The number of likely N-dealkylation sites (tertiary alicyclic amines) is 2. The van der Waals surface area contributed by atoms with E-state index in [1.165, 1.54) is 57.4 Å². The number of para-hydroxylation sites is 1. The summed E-state index contributed by atoms with van der Waals surface area (Å²) in [6.45, 7) is 6.10. The summed E-state index contributed by atoms with van der Waals surface area (Å²) < 4.78 is 5.97. The van der Waals surface area contributed by atoms with Gasteiger partial charge in [0, 0.05) is 12.6 Å². The van der Waals surface area contributed by atoms with Gasteiger partial charge in [0.1, 0.15) is 11.5 Å². The number of rotatable bonds is 5. The number of carboxylic acid groups (broad SMARTS) is 2. The third-order valence-electron chi connectivity index (χ3n) is 5.68. The molecule has 2 aromatic rings. The van der Waals surface area contributed by atoms with Crippen LogP contribution in [0.3, 0.4) is 0 Å². The fraction of sp³-hybridized carbons (Fsp3) is 0.417. The first kappa shape index (κ1) is 22.8. The highest BCUT2D eigenvalue weighted by molar-refractivity contribution is 6.27. The Hall–Kier alpha value is -2.90. The molecule has 2 aliphatic rings. The molecule has 7 nitrogen and oxygen atoms in total. The third kappa shape index (κ3) is 7.38. The molecule has 2 N–H and O–H groups in total. The molecule has 2 heterocycles. The minimum Gasteiger partial charge on any atom is -0.473 e. The zero-order valence-electron chi connectivity index (χ0n) is 17.7. The number of hydrogen-bond acceptors (Lipinski definition) is 5. The normalized spacial score (nSPS) is 17.5. The molecule has 2 fully saturated rings. The van der Waals surface area contributed by atoms with Crippen LogP contribution in [0.1, 0.15) is 31.2 Å². The van der Waals surface area contributed by atoms with Gasteiger partial charge in [-0.25, -0.2) is 9.59 Å². The topological polar surface area (TPSA) is 90.3 Å². The van der Waals surface area contributed by atoms with E-state index in [1.54, 1.807) is 0 Å². The first-order chi connectivity index (χ1) is 15.0. The summed E-state index contributed by atoms with van der Waals surface area (Å²) in [5.41, 5.74) is 1.34. The third-order valence-corrected chi connectivity index (χ3v) is 5.68. The van der Waals surface area contributed by atoms with E-state index in [0.717, 1.165) is 24.1 Å². The Balaban J connectivity index is 0.000000401. The van der Waals surface area contributed by atoms with Gasteiger partial charge in [-0.1, -0.05) is 30.3 Å². The first-order valence-corrected chi connectivity index (χ1v) is 10.8. The second-order valence-corrected chi connectivity index (χ2v) is 7.92. The molecule has 0 spiro atoms. The maximum absolute atomic E-state index is 9.10. The maximum Gasteiger partial charge on any atom is 0.414 e. The molecular weight excluding hydrogens is 396 g/mol. The monoisotopic (exact) mass is 426 g/mol. The van der Waals surface area contributed by atoms with Crippen molar-refractivity contribution < 1.29 is 24.5 Å². The van der Waals surface area contributed by atoms with Gasteiger partial charge in [-0.15, -0.1) is 0 Å². The summed E-state index contributed by atoms with van der Waals surface area (Å²) in [5, 5.41) is 14.8. The van der Waals surface area contributed by atoms with Crippen molar-refractivity contribution in [3.05, 3.63) is 60.2 Å². The number of carbonyl (C=O) groups is 2. The van der Waals surface area contributed by atoms with Gasteiger partial charge in [0.15, 0.2) is 0 Å². The Morgan fingerprint density at radius 1 is 0.839 bits per heavy atom. The molecule has 0 aromatic heterocycles. The Morgan fingerprint density at radius 2 is 1.45 bits per heavy atom. The van der Waals surface area contributed by atoms with Crippen molar-refractivity contribution >= 4 is 11.9 Å². The van der Waals surface area contributed by atoms with Crippen molar-refractivity contribution in [2.75, 3.05) is 26.2 Å². The van der Waals surface area contributed by atoms with Crippen LogP contribution >= 0.6 is 0 Å². The SMILES string of the molecule is O=C(O)C(=O)O.c1ccc(Oc2cccc(CN3CCC(N4CCCC4)CC3)c2)cc1. The average Bonchev–Trinajstić information content (AvgIpc) is 3.31. The molecule has 0 bridgehead atoms. The molecule has 7 heteroatoms. The summed E-state index contributed by atoms with van der Waals surface area (Å²) in [4.78, 5) is 23.5. The van der Waals surface area contributed by atoms with Crippen molar-refractivity contribution in [3.63, 3.8) is 0 Å². The van der Waals surface area contributed by atoms with E-state index in [9.17, 15) is 0 Å². The van der Waals surface area contributed by atoms with Gasteiger partial charge in [-0.2, -0.15) is 0 Å². The van der Waals surface area contributed by atoms with Crippen LogP contribution in [0.5, 0.6) is 11.5 Å². The molecule has 0 saturated carbocycles. The van der Waals surface area contributed by atoms with Crippen molar-refractivity contribution in [2.45, 2.75) is 38.3 Å². The lowest BCUT2D eigenvalue weighted by molar-refractivity contribution is -0.159. The van der Waals surface area contributed by atoms with Gasteiger partial charge in [0.25, 0.3) is 0 Å². The van der Waals surface area contributed by atoms with Crippen LogP contribution < -0.4 is 4.74 Å². The second-order valence-electron chi connectivity index (χ2n) is 7.92. The summed E-state index contributed by atoms with van der Waals surface area (Å²) in [5.74, 6) is -1.83. The van der Waals surface area contributed by atoms with Crippen molar-refractivity contribution in [1.82, 2.24) is 9.80 Å². The van der Waals surface area contributed by atoms with Crippen molar-refractivity contribution in [1.29, 1.82) is 0 Å². The van der Waals surface area contributed by atoms with Gasteiger partial charge >= 0.3 is 11.9 Å². The number of hydrogen-bond donors (Lipinski definition) is 2. The number of carboxylic acids is 2. The number of piperidine rings is 1. The zero-order chi connectivity index (χ0) is 22.1. The molecule has 0 unspecified atom stereocenters. The number of aliphatic carboxylic acids is 2. The fourth-order valence-corrected chi connectivity index (χ4v) is 4.14. The van der Waals surface area contributed by atoms with E-state index in [2.05, 4.69) is 28.0 Å². The summed E-state index contributed by atoms with van der Waals surface area (Å²) in [7, 11) is 0. The zero-order valence-corrected chi connectivity index (χ0v) is 17.7. The number of benzene rings is 2. The molecule has 31 heavy (non-hydrogen) atoms. The Bertz CT molecular complexity index is 832. The summed E-state index contributed by atoms with van der Waals surface area (Å²) >= 11 is 0. The quantitative estimate of drug-likeness (QED) is 0.705. The smallest absolute Gasteiger partial charge is 0.414 e. The van der Waals surface area contributed by atoms with E-state index in [0.29, 0.717) is 0 Å². The maximum atomic E-state index is 9.10. The Kier molecular flexibility index (Phi) is 8.44. The summed E-state index contributed by atoms with van der Waals surface area (Å²) in [6, 6.07) is 19.4. The Labute approximate surface area is 182 Å². The molecule has 0 atom stereocenters. The van der Waals surface area contributed by atoms with Crippen molar-refractivity contribution in [3.8, 4) is 11.5 Å². The van der Waals surface area contributed by atoms with E-state index in [-0.39, 0.29) is 0 Å². The first-order valence-electron chi connectivity index (χ1n) is 10.8. The minimum atomic E-state index is -1.82. The van der Waals surface area contributed by atoms with E-state index in [4.69, 9.17) is 24.5 Å². The van der Waals surface area contributed by atoms with Crippen LogP contribution in [0.2, 0.25) is 0 Å². The molecule has 2 aliphatic heterocycles. The van der Waals surface area contributed by atoms with Crippen LogP contribution in [-0.4, -0.2) is 64.2 Å². The van der Waals surface area contributed by atoms with E-state index >= 15 is 0 Å². The van der Waals surface area contributed by atoms with Gasteiger partial charge < -0.3 is 19.8 Å². The predicted octanol–water partition coefficient (Wildman–Crippen LogP) is 3.69. The second kappa shape index (κ2) is 11.5. The predicted molar refractivity (Wildman–Crippen MR) is 117 cm³/mol. The van der Waals surface area contributed by atoms with E-state index in [1.807, 2.05) is 36.4 Å². The lowest BCUT2D eigenvalue weighted by Crippen LogP contribution is -2.43. The van der Waals surface area contributed by atoms with Crippen LogP contribution in [0.4, 0.5) is 0 Å². The lowest BCUT2D eigenvalue weighted by Gasteiger charge is -2.36. The number of nitrogens with zero attached hydrogens (tertiary/aromatic N) is 2. The molecule has 4 rings (SSSR count). The highest BCUT2D eigenvalue weighted by Gasteiger charge is 2.26. The molecule has 0 radical (unpaired) electrons. The average molecular weight is 427 g/mol. The molecule has 166 valence electrons. The van der Waals surface area contributed by atoms with Crippen LogP contribution in [-0.2, 0) is 16.1 Å². The molecule has 2 saturated heterocycles. The highest BCUT2D eigenvalue weighted by atomic mass is 16.5. The molecule has 0 amide bonds. The molecular formula is C24H30N2O5. The Morgan fingerprint density at radius 3 is 2.06 bits per heavy atom. The van der Waals surface area contributed by atoms with Gasteiger partial charge in [-0.05, 0) is 81.7 Å². The summed E-state index contributed by atoms with van der Waals surface area (Å²) in [6.07, 6.45) is 5.43. The lowest BCUT2D eigenvalue weighted by atomic mass is 10.0. The standard InChI is InChI=1S/C22H28N2O.C2H2O4/c1-2-8-21(9-3-1)25-22-10-6-7-19(17-22)18-23-15-11-20(12-16-23)24-13-4-5-14-24;3-1(4)2(5)6/h1-3,6-10,17,20H,4-5,11-16,18H2;(H,3,4)(H,5,6). The highest BCUT2D eigenvalue weighted by Crippen LogP contribution is 2.25. The van der Waals surface area contributed by atoms with Gasteiger partial charge in [0.2, 0.25) is 0 Å². The fourth-order valence-electron chi connectivity index (χ4n) is 4.14. The van der Waals surface area contributed by atoms with Gasteiger partial charge in [0.05, 0.1) is 0 Å². The van der Waals surface area contributed by atoms with Crippen LogP contribution in [0.15, 0.2) is 54.6 Å². The minimum absolute atomic E-state index is 0.825. The van der Waals surface area contributed by atoms with Crippen LogP contribution in [0, 0.1) is 0 Å². The van der Waals surface area contributed by atoms with E-state index < -0.39 is 11.9 Å². The van der Waals surface area contributed by atoms with Gasteiger partial charge in [-0.3, -0.25) is 4.90 Å². The number of ether oxygens (including phenoxy) is 1. The van der Waals surface area contributed by atoms with Crippen molar-refractivity contribution in [2.24, 2.45) is 0 Å².